The molecule has 0 aliphatic carbocycles. The summed E-state index contributed by atoms with van der Waals surface area (Å²) < 4.78 is 4.26. The normalized spacial score (nSPS) is 12.3. The van der Waals surface area contributed by atoms with Crippen molar-refractivity contribution in [3.05, 3.63) is 18.7 Å². The Balaban J connectivity index is 0.000000336. The predicted molar refractivity (Wildman–Crippen MR) is 76.2 cm³/mol. The monoisotopic (exact) mass is 511 g/mol. The van der Waals surface area contributed by atoms with Crippen molar-refractivity contribution in [3.8, 4) is 0 Å². The van der Waals surface area contributed by atoms with E-state index in [-0.39, 0.29) is 0 Å². The van der Waals surface area contributed by atoms with Gasteiger partial charge in [0, 0.05) is 0 Å². The van der Waals surface area contributed by atoms with E-state index >= 15 is 0 Å². The van der Waals surface area contributed by atoms with Gasteiger partial charge in [-0.3, -0.25) is 0 Å². The van der Waals surface area contributed by atoms with Gasteiger partial charge in [-0.25, -0.2) is 9.13 Å². The molecule has 1 rings (SSSR count). The third-order valence-electron chi connectivity index (χ3n) is 1.40. The van der Waals surface area contributed by atoms with Crippen molar-refractivity contribution in [2.75, 3.05) is 0 Å². The molecule has 0 spiro atoms. The van der Waals surface area contributed by atoms with Gasteiger partial charge in [0.15, 0.2) is 0 Å². The molecular weight excluding hydrogens is 500 g/mol. The van der Waals surface area contributed by atoms with Crippen molar-refractivity contribution in [2.45, 2.75) is 20.4 Å². The molecule has 0 aromatic carbocycles. The van der Waals surface area contributed by atoms with Gasteiger partial charge >= 0.3 is 62.1 Å². The van der Waals surface area contributed by atoms with Crippen LogP contribution >= 0.6 is 56.4 Å². The molecule has 2 nitrogen and oxygen atoms in total. The topological polar surface area (TPSA) is 8.81 Å². The molecule has 0 atom stereocenters. The van der Waals surface area contributed by atoms with Gasteiger partial charge in [0.05, 0.1) is 13.6 Å². The van der Waals surface area contributed by atoms with Crippen LogP contribution in [0, 0.1) is 5.92 Å². The summed E-state index contributed by atoms with van der Waals surface area (Å²) >= 11 is 13.0. The van der Waals surface area contributed by atoms with Gasteiger partial charge in [0.2, 0.25) is 6.33 Å². The Morgan fingerprint density at radius 1 is 1.27 bits per heavy atom. The Morgan fingerprint density at radius 3 is 2.00 bits per heavy atom. The van der Waals surface area contributed by atoms with E-state index in [1.54, 1.807) is 0 Å². The maximum absolute atomic E-state index is 3.25. The fraction of sp³-hybridized carbons (Fsp3) is 0.625. The summed E-state index contributed by atoms with van der Waals surface area (Å²) in [5.41, 5.74) is -1.25. The van der Waals surface area contributed by atoms with Crippen molar-refractivity contribution in [1.29, 1.82) is 0 Å². The SMILES string of the molecule is CC(C)C[n+]1ccn(C)c1.[Br][Fe]([Br])([Br])[Br]. The number of aryl methyl sites for hydroxylation is 1. The molecule has 0 radical (unpaired) electrons. The van der Waals surface area contributed by atoms with E-state index in [2.05, 4.69) is 98.1 Å². The summed E-state index contributed by atoms with van der Waals surface area (Å²) in [5, 5.41) is 0. The number of hydrogen-bond acceptors (Lipinski definition) is 0. The Bertz CT molecular complexity index is 276. The Labute approximate surface area is 122 Å². The van der Waals surface area contributed by atoms with Gasteiger partial charge < -0.3 is 0 Å². The number of aromatic nitrogens is 2. The molecule has 0 bridgehead atoms. The average molecular weight is 515 g/mol. The summed E-state index contributed by atoms with van der Waals surface area (Å²) in [6.07, 6.45) is 6.25. The zero-order chi connectivity index (χ0) is 12.1. The molecule has 15 heavy (non-hydrogen) atoms. The van der Waals surface area contributed by atoms with Crippen LogP contribution in [-0.4, -0.2) is 4.57 Å². The van der Waals surface area contributed by atoms with E-state index in [4.69, 9.17) is 0 Å². The molecule has 0 amide bonds. The number of hydrogen-bond donors (Lipinski definition) is 0. The quantitative estimate of drug-likeness (QED) is 0.410. The average Bonchev–Trinajstić information content (AvgIpc) is 2.29. The van der Waals surface area contributed by atoms with Gasteiger partial charge in [-0.15, -0.1) is 0 Å². The van der Waals surface area contributed by atoms with E-state index in [1.165, 1.54) is 0 Å². The van der Waals surface area contributed by atoms with Gasteiger partial charge in [0.1, 0.15) is 12.4 Å². The summed E-state index contributed by atoms with van der Waals surface area (Å²) in [4.78, 5) is 0. The standard InChI is InChI=1S/C8H15N2.4BrH.Fe/c1-8(2)6-10-5-4-9(3)7-10;;;;;/h4-5,7-8H,6H2,1-3H3;4*1H;/q+1;;;;;+4/p-4. The van der Waals surface area contributed by atoms with Crippen molar-refractivity contribution < 1.29 is 10.2 Å². The first-order chi connectivity index (χ1) is 6.68. The fourth-order valence-corrected chi connectivity index (χ4v) is 1.03. The fourth-order valence-electron chi connectivity index (χ4n) is 1.03. The van der Waals surface area contributed by atoms with Crippen molar-refractivity contribution in [2.24, 2.45) is 13.0 Å². The molecule has 7 heteroatoms. The van der Waals surface area contributed by atoms with Crippen LogP contribution in [0.5, 0.6) is 0 Å². The first-order valence-corrected chi connectivity index (χ1v) is 15.1. The molecular formula is C8H15Br4FeN2+. The molecule has 0 aliphatic rings. The molecule has 0 N–H and O–H groups in total. The second-order valence-electron chi connectivity index (χ2n) is 3.47. The maximum atomic E-state index is 3.25. The van der Waals surface area contributed by atoms with Gasteiger partial charge in [0.25, 0.3) is 0 Å². The third-order valence-corrected chi connectivity index (χ3v) is 1.40. The third kappa shape index (κ3) is 13.6. The summed E-state index contributed by atoms with van der Waals surface area (Å²) in [6, 6.07) is 0. The molecule has 0 saturated carbocycles. The Kier molecular flexibility index (Phi) is 8.74. The zero-order valence-corrected chi connectivity index (χ0v) is 16.2. The minimum absolute atomic E-state index is 0.729. The van der Waals surface area contributed by atoms with Crippen LogP contribution in [0.15, 0.2) is 18.7 Å². The number of imidazole rings is 1. The molecule has 0 aliphatic heterocycles. The first-order valence-electron chi connectivity index (χ1n) is 4.23. The summed E-state index contributed by atoms with van der Waals surface area (Å²) in [7, 11) is 2.04. The number of halogens is 4. The van der Waals surface area contributed by atoms with E-state index in [0.717, 1.165) is 12.5 Å². The van der Waals surface area contributed by atoms with Gasteiger partial charge in [-0.05, 0) is 5.92 Å². The van der Waals surface area contributed by atoms with Crippen LogP contribution in [0.25, 0.3) is 0 Å². The van der Waals surface area contributed by atoms with Gasteiger partial charge in [-0.2, -0.15) is 0 Å². The minimum atomic E-state index is -1.25. The Morgan fingerprint density at radius 2 is 1.73 bits per heavy atom. The van der Waals surface area contributed by atoms with Crippen LogP contribution in [-0.2, 0) is 19.2 Å². The predicted octanol–water partition coefficient (Wildman–Crippen LogP) is 4.35. The van der Waals surface area contributed by atoms with E-state index in [1.807, 2.05) is 7.05 Å². The van der Waals surface area contributed by atoms with Crippen molar-refractivity contribution in [1.82, 2.24) is 4.57 Å². The molecule has 1 aromatic rings. The van der Waals surface area contributed by atoms with Crippen LogP contribution in [0.1, 0.15) is 13.8 Å². The molecule has 0 unspecified atom stereocenters. The van der Waals surface area contributed by atoms with Crippen LogP contribution in [0.4, 0.5) is 0 Å². The molecule has 1 aromatic heterocycles. The van der Waals surface area contributed by atoms with Gasteiger partial charge in [-0.1, -0.05) is 13.8 Å². The second kappa shape index (κ2) is 7.88. The van der Waals surface area contributed by atoms with Crippen LogP contribution in [0.2, 0.25) is 0 Å². The zero-order valence-electron chi connectivity index (χ0n) is 8.78. The van der Waals surface area contributed by atoms with Crippen LogP contribution in [0.3, 0.4) is 0 Å². The van der Waals surface area contributed by atoms with E-state index in [9.17, 15) is 0 Å². The molecule has 0 fully saturated rings. The van der Waals surface area contributed by atoms with Crippen molar-refractivity contribution >= 4 is 56.4 Å². The number of rotatable bonds is 2. The van der Waals surface area contributed by atoms with Crippen molar-refractivity contribution in [3.63, 3.8) is 0 Å². The molecule has 92 valence electrons. The van der Waals surface area contributed by atoms with E-state index < -0.39 is 5.61 Å². The summed E-state index contributed by atoms with van der Waals surface area (Å²) in [5.74, 6) is 0.729. The molecule has 1 heterocycles. The van der Waals surface area contributed by atoms with Crippen LogP contribution < -0.4 is 4.57 Å². The Hall–Kier alpha value is 1.65. The second-order valence-corrected chi connectivity index (χ2v) is 36.9. The van der Waals surface area contributed by atoms with E-state index in [0.29, 0.717) is 0 Å². The number of nitrogens with zero attached hydrogens (tertiary/aromatic N) is 2. The summed E-state index contributed by atoms with van der Waals surface area (Å²) in [6.45, 7) is 5.56. The first kappa shape index (κ1) is 16.6. The molecule has 0 saturated heterocycles.